The highest BCUT2D eigenvalue weighted by Crippen LogP contribution is 2.37. The van der Waals surface area contributed by atoms with Gasteiger partial charge in [-0.25, -0.2) is 0 Å². The van der Waals surface area contributed by atoms with Gasteiger partial charge < -0.3 is 9.47 Å². The quantitative estimate of drug-likeness (QED) is 0.536. The smallest absolute Gasteiger partial charge is 0.293 e. The first-order valence-corrected chi connectivity index (χ1v) is 5.21. The summed E-state index contributed by atoms with van der Waals surface area (Å²) >= 11 is 4.44. The molecular formula is C9H14O3S. The highest BCUT2D eigenvalue weighted by molar-refractivity contribution is 7.80. The summed E-state index contributed by atoms with van der Waals surface area (Å²) in [7, 11) is 0. The number of thiol groups is 1. The summed E-state index contributed by atoms with van der Waals surface area (Å²) in [6.07, 6.45) is 3.06. The van der Waals surface area contributed by atoms with Crippen molar-refractivity contribution in [3.05, 3.63) is 0 Å². The molecule has 3 nitrogen and oxygen atoms in total. The van der Waals surface area contributed by atoms with Crippen molar-refractivity contribution in [2.45, 2.75) is 36.7 Å². The van der Waals surface area contributed by atoms with Gasteiger partial charge in [0.1, 0.15) is 6.10 Å². The van der Waals surface area contributed by atoms with Crippen LogP contribution in [0.2, 0.25) is 0 Å². The molecule has 0 N–H and O–H groups in total. The van der Waals surface area contributed by atoms with Crippen molar-refractivity contribution in [1.82, 2.24) is 0 Å². The summed E-state index contributed by atoms with van der Waals surface area (Å²) in [5.41, 5.74) is 0. The molecule has 0 aromatic rings. The van der Waals surface area contributed by atoms with Crippen LogP contribution >= 0.6 is 12.6 Å². The van der Waals surface area contributed by atoms with E-state index >= 15 is 0 Å². The lowest BCUT2D eigenvalue weighted by Gasteiger charge is -2.34. The van der Waals surface area contributed by atoms with Gasteiger partial charge >= 0.3 is 0 Å². The van der Waals surface area contributed by atoms with Crippen molar-refractivity contribution in [3.8, 4) is 0 Å². The van der Waals surface area contributed by atoms with Crippen LogP contribution in [-0.4, -0.2) is 30.5 Å². The maximum Gasteiger partial charge on any atom is 0.293 e. The van der Waals surface area contributed by atoms with Crippen molar-refractivity contribution in [1.29, 1.82) is 0 Å². The van der Waals surface area contributed by atoms with E-state index in [1.165, 1.54) is 0 Å². The number of rotatable bonds is 2. The van der Waals surface area contributed by atoms with E-state index in [2.05, 4.69) is 12.6 Å². The Bertz CT molecular complexity index is 197. The number of carbonyl (C=O) groups is 1. The van der Waals surface area contributed by atoms with Gasteiger partial charge in [0.15, 0.2) is 0 Å². The van der Waals surface area contributed by atoms with E-state index in [1.54, 1.807) is 0 Å². The van der Waals surface area contributed by atoms with Crippen LogP contribution in [0.4, 0.5) is 0 Å². The molecule has 4 heteroatoms. The zero-order chi connectivity index (χ0) is 9.26. The predicted molar refractivity (Wildman–Crippen MR) is 50.8 cm³/mol. The predicted octanol–water partition coefficient (Wildman–Crippen LogP) is 1.03. The Morgan fingerprint density at radius 1 is 1.46 bits per heavy atom. The van der Waals surface area contributed by atoms with Gasteiger partial charge in [-0.15, -0.1) is 0 Å². The Morgan fingerprint density at radius 3 is 3.08 bits per heavy atom. The average Bonchev–Trinajstić information content (AvgIpc) is 2.52. The van der Waals surface area contributed by atoms with Crippen LogP contribution in [-0.2, 0) is 14.3 Å². The highest BCUT2D eigenvalue weighted by Gasteiger charge is 2.41. The molecule has 1 aliphatic carbocycles. The highest BCUT2D eigenvalue weighted by atomic mass is 32.1. The van der Waals surface area contributed by atoms with Gasteiger partial charge in [0, 0.05) is 11.9 Å². The second-order valence-corrected chi connectivity index (χ2v) is 4.51. The Balaban J connectivity index is 2.02. The van der Waals surface area contributed by atoms with Crippen molar-refractivity contribution in [2.75, 3.05) is 6.61 Å². The van der Waals surface area contributed by atoms with Crippen LogP contribution in [0, 0.1) is 5.92 Å². The van der Waals surface area contributed by atoms with Gasteiger partial charge in [0.2, 0.25) is 0 Å². The Morgan fingerprint density at radius 2 is 2.31 bits per heavy atom. The van der Waals surface area contributed by atoms with E-state index < -0.39 is 0 Å². The number of fused-ring (bicyclic) bond motifs is 1. The molecular weight excluding hydrogens is 188 g/mol. The van der Waals surface area contributed by atoms with Gasteiger partial charge in [-0.05, 0) is 25.2 Å². The Labute approximate surface area is 83.2 Å². The molecule has 0 amide bonds. The minimum atomic E-state index is -0.0683. The van der Waals surface area contributed by atoms with E-state index in [-0.39, 0.29) is 12.2 Å². The first-order chi connectivity index (χ1) is 6.31. The summed E-state index contributed by atoms with van der Waals surface area (Å²) in [5.74, 6) is 0.543. The minimum Gasteiger partial charge on any atom is -0.462 e. The number of ether oxygens (including phenoxy) is 2. The normalized spacial score (nSPS) is 44.1. The Kier molecular flexibility index (Phi) is 2.79. The molecule has 0 radical (unpaired) electrons. The second kappa shape index (κ2) is 3.88. The zero-order valence-electron chi connectivity index (χ0n) is 7.39. The molecule has 0 spiro atoms. The van der Waals surface area contributed by atoms with Crippen molar-refractivity contribution in [2.24, 2.45) is 5.92 Å². The molecule has 0 aromatic carbocycles. The van der Waals surface area contributed by atoms with Crippen LogP contribution in [0.5, 0.6) is 0 Å². The van der Waals surface area contributed by atoms with Crippen LogP contribution < -0.4 is 0 Å². The summed E-state index contributed by atoms with van der Waals surface area (Å²) < 4.78 is 10.6. The van der Waals surface area contributed by atoms with Gasteiger partial charge in [-0.3, -0.25) is 4.79 Å². The summed E-state index contributed by atoms with van der Waals surface area (Å²) in [4.78, 5) is 10.3. The average molecular weight is 202 g/mol. The topological polar surface area (TPSA) is 35.5 Å². The molecule has 1 heterocycles. The van der Waals surface area contributed by atoms with E-state index in [1.807, 2.05) is 0 Å². The molecule has 2 rings (SSSR count). The molecule has 13 heavy (non-hydrogen) atoms. The molecule has 2 fully saturated rings. The first-order valence-electron chi connectivity index (χ1n) is 4.70. The lowest BCUT2D eigenvalue weighted by Crippen LogP contribution is -2.41. The third kappa shape index (κ3) is 1.83. The molecule has 1 saturated heterocycles. The van der Waals surface area contributed by atoms with Crippen molar-refractivity contribution >= 4 is 19.1 Å². The van der Waals surface area contributed by atoms with Gasteiger partial charge in [0.25, 0.3) is 6.47 Å². The van der Waals surface area contributed by atoms with Gasteiger partial charge in [-0.2, -0.15) is 12.6 Å². The number of carbonyl (C=O) groups excluding carboxylic acids is 1. The summed E-state index contributed by atoms with van der Waals surface area (Å²) in [6, 6.07) is 0. The van der Waals surface area contributed by atoms with Crippen molar-refractivity contribution in [3.63, 3.8) is 0 Å². The third-order valence-corrected chi connectivity index (χ3v) is 3.36. The lowest BCUT2D eigenvalue weighted by molar-refractivity contribution is -0.144. The summed E-state index contributed by atoms with van der Waals surface area (Å²) in [6.45, 7) is 1.32. The largest absolute Gasteiger partial charge is 0.462 e. The number of hydrogen-bond acceptors (Lipinski definition) is 4. The zero-order valence-corrected chi connectivity index (χ0v) is 8.28. The fourth-order valence-electron chi connectivity index (χ4n) is 2.37. The minimum absolute atomic E-state index is 0.0683. The molecule has 0 aromatic heterocycles. The molecule has 74 valence electrons. The van der Waals surface area contributed by atoms with Gasteiger partial charge in [-0.1, -0.05) is 0 Å². The monoisotopic (exact) mass is 202 g/mol. The van der Waals surface area contributed by atoms with E-state index in [0.717, 1.165) is 25.9 Å². The second-order valence-electron chi connectivity index (χ2n) is 3.78. The molecule has 1 saturated carbocycles. The standard InChI is InChI=1S/C9H14O3S/c10-5-12-8-4-7(13)3-6-1-2-11-9(6)8/h5-9,13H,1-4H2. The third-order valence-electron chi connectivity index (χ3n) is 2.94. The first kappa shape index (κ1) is 9.34. The van der Waals surface area contributed by atoms with Crippen LogP contribution in [0.3, 0.4) is 0 Å². The van der Waals surface area contributed by atoms with Crippen LogP contribution in [0.1, 0.15) is 19.3 Å². The lowest BCUT2D eigenvalue weighted by atomic mass is 9.84. The number of hydrogen-bond donors (Lipinski definition) is 1. The van der Waals surface area contributed by atoms with E-state index in [4.69, 9.17) is 9.47 Å². The van der Waals surface area contributed by atoms with Crippen molar-refractivity contribution < 1.29 is 14.3 Å². The fourth-order valence-corrected chi connectivity index (χ4v) is 2.85. The maximum absolute atomic E-state index is 10.3. The summed E-state index contributed by atoms with van der Waals surface area (Å²) in [5, 5.41) is 0.355. The molecule has 2 aliphatic rings. The van der Waals surface area contributed by atoms with E-state index in [9.17, 15) is 4.79 Å². The van der Waals surface area contributed by atoms with Crippen LogP contribution in [0.15, 0.2) is 0 Å². The SMILES string of the molecule is O=COC1CC(S)CC2CCOC21. The van der Waals surface area contributed by atoms with Gasteiger partial charge in [0.05, 0.1) is 6.10 Å². The molecule has 0 bridgehead atoms. The Hall–Kier alpha value is -0.220. The molecule has 4 atom stereocenters. The molecule has 1 aliphatic heterocycles. The molecule has 4 unspecified atom stereocenters. The maximum atomic E-state index is 10.3. The fraction of sp³-hybridized carbons (Fsp3) is 0.889. The van der Waals surface area contributed by atoms with E-state index in [0.29, 0.717) is 17.6 Å². The van der Waals surface area contributed by atoms with Crippen LogP contribution in [0.25, 0.3) is 0 Å².